The lowest BCUT2D eigenvalue weighted by molar-refractivity contribution is -0.302. The van der Waals surface area contributed by atoms with Crippen LogP contribution in [0.1, 0.15) is 219 Å². The number of rotatable bonds is 40. The zero-order valence-electron chi connectivity index (χ0n) is 36.9. The van der Waals surface area contributed by atoms with Gasteiger partial charge in [-0.25, -0.2) is 0 Å². The van der Waals surface area contributed by atoms with Crippen LogP contribution in [0.3, 0.4) is 0 Å². The van der Waals surface area contributed by atoms with Crippen molar-refractivity contribution >= 4 is 5.91 Å². The van der Waals surface area contributed by atoms with Gasteiger partial charge in [0.15, 0.2) is 6.29 Å². The number of allylic oxidation sites excluding steroid dienone is 3. The van der Waals surface area contributed by atoms with Gasteiger partial charge in [0.25, 0.3) is 0 Å². The van der Waals surface area contributed by atoms with Crippen molar-refractivity contribution in [3.63, 3.8) is 0 Å². The lowest BCUT2D eigenvalue weighted by Crippen LogP contribution is -2.60. The molecule has 9 nitrogen and oxygen atoms in total. The molecule has 0 aromatic heterocycles. The van der Waals surface area contributed by atoms with Gasteiger partial charge < -0.3 is 40.3 Å². The Hall–Kier alpha value is -1.33. The molecule has 1 aliphatic rings. The van der Waals surface area contributed by atoms with Crippen molar-refractivity contribution in [2.45, 2.75) is 262 Å². The highest BCUT2D eigenvalue weighted by Crippen LogP contribution is 2.23. The Kier molecular flexibility index (Phi) is 36.6. The molecule has 7 atom stereocenters. The van der Waals surface area contributed by atoms with Gasteiger partial charge in [-0.2, -0.15) is 0 Å². The Labute approximate surface area is 349 Å². The third kappa shape index (κ3) is 29.5. The monoisotopic (exact) mass is 810 g/mol. The quantitative estimate of drug-likeness (QED) is 0.0265. The van der Waals surface area contributed by atoms with Crippen molar-refractivity contribution in [1.82, 2.24) is 5.32 Å². The molecule has 9 heteroatoms. The van der Waals surface area contributed by atoms with Crippen LogP contribution in [0.15, 0.2) is 24.3 Å². The van der Waals surface area contributed by atoms with E-state index in [1.807, 2.05) is 6.08 Å². The smallest absolute Gasteiger partial charge is 0.220 e. The third-order valence-corrected chi connectivity index (χ3v) is 11.5. The normalized spacial score (nSPS) is 21.1. The molecule has 1 fully saturated rings. The lowest BCUT2D eigenvalue weighted by Gasteiger charge is -2.40. The molecule has 0 radical (unpaired) electrons. The van der Waals surface area contributed by atoms with Crippen LogP contribution in [-0.2, 0) is 14.3 Å². The zero-order chi connectivity index (χ0) is 41.6. The van der Waals surface area contributed by atoms with E-state index in [1.165, 1.54) is 161 Å². The van der Waals surface area contributed by atoms with E-state index in [0.29, 0.717) is 6.42 Å². The van der Waals surface area contributed by atoms with E-state index in [1.54, 1.807) is 6.08 Å². The molecule has 336 valence electrons. The van der Waals surface area contributed by atoms with Gasteiger partial charge in [-0.3, -0.25) is 4.79 Å². The largest absolute Gasteiger partial charge is 0.394 e. The lowest BCUT2D eigenvalue weighted by atomic mass is 9.99. The van der Waals surface area contributed by atoms with Gasteiger partial charge >= 0.3 is 0 Å². The van der Waals surface area contributed by atoms with Crippen LogP contribution in [0.25, 0.3) is 0 Å². The maximum Gasteiger partial charge on any atom is 0.220 e. The molecular formula is C48H91NO8. The van der Waals surface area contributed by atoms with Crippen LogP contribution >= 0.6 is 0 Å². The SMILES string of the molecule is CCCCCCCCCCCC/C=C/C(O)C(COC1OC(CO)C(O)C(O)C1O)NC(=O)CCCCCCCCC/C=C\CCCCCCCCCCCCC. The molecule has 1 aliphatic heterocycles. The first-order valence-corrected chi connectivity index (χ1v) is 24.1. The second kappa shape index (κ2) is 38.8. The molecule has 0 spiro atoms. The number of carbonyl (C=O) groups excluding carboxylic acids is 1. The van der Waals surface area contributed by atoms with E-state index in [4.69, 9.17) is 9.47 Å². The Morgan fingerprint density at radius 3 is 1.42 bits per heavy atom. The average Bonchev–Trinajstić information content (AvgIpc) is 3.21. The first kappa shape index (κ1) is 53.7. The minimum atomic E-state index is -1.56. The van der Waals surface area contributed by atoms with Crippen molar-refractivity contribution in [1.29, 1.82) is 0 Å². The number of hydrogen-bond acceptors (Lipinski definition) is 8. The number of unbranched alkanes of at least 4 members (excludes halogenated alkanes) is 28. The zero-order valence-corrected chi connectivity index (χ0v) is 36.9. The fourth-order valence-electron chi connectivity index (χ4n) is 7.62. The van der Waals surface area contributed by atoms with Crippen molar-refractivity contribution in [3.05, 3.63) is 24.3 Å². The number of nitrogens with one attached hydrogen (secondary N) is 1. The van der Waals surface area contributed by atoms with Gasteiger partial charge in [0.1, 0.15) is 24.4 Å². The molecular weight excluding hydrogens is 719 g/mol. The summed E-state index contributed by atoms with van der Waals surface area (Å²) in [4.78, 5) is 13.0. The number of aliphatic hydroxyl groups is 5. The standard InChI is InChI=1S/C48H91NO8/c1-3-5-7-9-11-13-15-17-18-19-20-21-22-23-24-25-26-28-30-32-34-36-38-44(52)49-41(40-56-48-47(55)46(54)45(53)43(39-50)57-48)42(51)37-35-33-31-29-27-16-14-12-10-8-6-4-2/h22-23,35,37,41-43,45-48,50-51,53-55H,3-21,24-34,36,38-40H2,1-2H3,(H,49,52)/b23-22-,37-35+. The molecule has 1 heterocycles. The number of ether oxygens (including phenoxy) is 2. The van der Waals surface area contributed by atoms with Crippen LogP contribution < -0.4 is 5.32 Å². The summed E-state index contributed by atoms with van der Waals surface area (Å²) in [6.07, 6.45) is 39.4. The van der Waals surface area contributed by atoms with E-state index >= 15 is 0 Å². The molecule has 0 aromatic carbocycles. The summed E-state index contributed by atoms with van der Waals surface area (Å²) in [5.74, 6) is -0.181. The molecule has 7 unspecified atom stereocenters. The first-order valence-electron chi connectivity index (χ1n) is 24.1. The number of amides is 1. The second-order valence-electron chi connectivity index (χ2n) is 16.9. The topological polar surface area (TPSA) is 149 Å². The van der Waals surface area contributed by atoms with Crippen LogP contribution in [0.2, 0.25) is 0 Å². The van der Waals surface area contributed by atoms with Crippen molar-refractivity contribution < 1.29 is 39.8 Å². The number of hydrogen-bond donors (Lipinski definition) is 6. The fourth-order valence-corrected chi connectivity index (χ4v) is 7.62. The summed E-state index contributed by atoms with van der Waals surface area (Å²) in [7, 11) is 0. The minimum absolute atomic E-state index is 0.181. The van der Waals surface area contributed by atoms with Gasteiger partial charge in [0, 0.05) is 6.42 Å². The second-order valence-corrected chi connectivity index (χ2v) is 16.9. The van der Waals surface area contributed by atoms with Crippen molar-refractivity contribution in [3.8, 4) is 0 Å². The number of carbonyl (C=O) groups is 1. The average molecular weight is 810 g/mol. The highest BCUT2D eigenvalue weighted by molar-refractivity contribution is 5.76. The van der Waals surface area contributed by atoms with Gasteiger partial charge in [-0.1, -0.05) is 192 Å². The molecule has 1 saturated heterocycles. The van der Waals surface area contributed by atoms with E-state index < -0.39 is 49.5 Å². The Morgan fingerprint density at radius 1 is 0.579 bits per heavy atom. The van der Waals surface area contributed by atoms with Crippen molar-refractivity contribution in [2.75, 3.05) is 13.2 Å². The van der Waals surface area contributed by atoms with Crippen molar-refractivity contribution in [2.24, 2.45) is 0 Å². The molecule has 57 heavy (non-hydrogen) atoms. The summed E-state index contributed by atoms with van der Waals surface area (Å²) in [5, 5.41) is 54.2. The predicted octanol–water partition coefficient (Wildman–Crippen LogP) is 10.3. The van der Waals surface area contributed by atoms with Crippen LogP contribution in [0.5, 0.6) is 0 Å². The summed E-state index contributed by atoms with van der Waals surface area (Å²) in [5.41, 5.74) is 0. The minimum Gasteiger partial charge on any atom is -0.394 e. The molecule has 1 rings (SSSR count). The Bertz CT molecular complexity index is 945. The van der Waals surface area contributed by atoms with Crippen LogP contribution in [0.4, 0.5) is 0 Å². The summed E-state index contributed by atoms with van der Waals surface area (Å²) >= 11 is 0. The molecule has 6 N–H and O–H groups in total. The molecule has 0 saturated carbocycles. The van der Waals surface area contributed by atoms with Gasteiger partial charge in [0.2, 0.25) is 5.91 Å². The maximum atomic E-state index is 13.0. The Balaban J connectivity index is 2.28. The Morgan fingerprint density at radius 2 is 0.982 bits per heavy atom. The summed E-state index contributed by atoms with van der Waals surface area (Å²) in [6, 6.07) is -0.803. The molecule has 0 aromatic rings. The number of aliphatic hydroxyl groups excluding tert-OH is 5. The van der Waals surface area contributed by atoms with Gasteiger partial charge in [-0.05, 0) is 44.9 Å². The van der Waals surface area contributed by atoms with Crippen LogP contribution in [0, 0.1) is 0 Å². The highest BCUT2D eigenvalue weighted by Gasteiger charge is 2.44. The first-order chi connectivity index (χ1) is 27.8. The third-order valence-electron chi connectivity index (χ3n) is 11.5. The molecule has 0 bridgehead atoms. The highest BCUT2D eigenvalue weighted by atomic mass is 16.7. The van der Waals surface area contributed by atoms with E-state index in [9.17, 15) is 30.3 Å². The molecule has 0 aliphatic carbocycles. The van der Waals surface area contributed by atoms with Gasteiger partial charge in [0.05, 0.1) is 25.4 Å². The summed E-state index contributed by atoms with van der Waals surface area (Å²) in [6.45, 7) is 3.77. The fraction of sp³-hybridized carbons (Fsp3) is 0.896. The van der Waals surface area contributed by atoms with E-state index in [0.717, 1.165) is 38.5 Å². The van der Waals surface area contributed by atoms with E-state index in [2.05, 4.69) is 31.3 Å². The maximum absolute atomic E-state index is 13.0. The van der Waals surface area contributed by atoms with Crippen LogP contribution in [-0.4, -0.2) is 87.5 Å². The summed E-state index contributed by atoms with van der Waals surface area (Å²) < 4.78 is 11.2. The molecule has 1 amide bonds. The van der Waals surface area contributed by atoms with E-state index in [-0.39, 0.29) is 12.5 Å². The van der Waals surface area contributed by atoms with Gasteiger partial charge in [-0.15, -0.1) is 0 Å². The predicted molar refractivity (Wildman–Crippen MR) is 235 cm³/mol.